The van der Waals surface area contributed by atoms with Crippen molar-refractivity contribution in [3.8, 4) is 11.8 Å². The topological polar surface area (TPSA) is 9.23 Å². The summed E-state index contributed by atoms with van der Waals surface area (Å²) in [7, 11) is 0. The Bertz CT molecular complexity index is 514. The van der Waals surface area contributed by atoms with Crippen LogP contribution in [0, 0.1) is 11.8 Å². The van der Waals surface area contributed by atoms with Crippen LogP contribution in [0.15, 0.2) is 30.3 Å². The van der Waals surface area contributed by atoms with Crippen molar-refractivity contribution in [2.75, 3.05) is 6.61 Å². The van der Waals surface area contributed by atoms with Crippen LogP contribution < -0.4 is 0 Å². The Kier molecular flexibility index (Phi) is 11.2. The molecule has 0 aliphatic carbocycles. The van der Waals surface area contributed by atoms with Crippen molar-refractivity contribution >= 4 is 0 Å². The molecule has 134 valence electrons. The lowest BCUT2D eigenvalue weighted by molar-refractivity contribution is 0.116. The van der Waals surface area contributed by atoms with Gasteiger partial charge in [0.25, 0.3) is 0 Å². The number of benzene rings is 1. The van der Waals surface area contributed by atoms with Crippen molar-refractivity contribution in [2.45, 2.75) is 90.5 Å². The van der Waals surface area contributed by atoms with E-state index in [2.05, 4.69) is 36.1 Å². The Morgan fingerprint density at radius 1 is 0.792 bits per heavy atom. The fourth-order valence-corrected chi connectivity index (χ4v) is 2.84. The average Bonchev–Trinajstić information content (AvgIpc) is 2.64. The minimum atomic E-state index is -2.09. The number of hydrogen-bond donors (Lipinski definition) is 0. The first-order chi connectivity index (χ1) is 13.1. The molecule has 0 spiro atoms. The summed E-state index contributed by atoms with van der Waals surface area (Å²) in [4.78, 5) is 0. The van der Waals surface area contributed by atoms with Gasteiger partial charge in [0.05, 0.1) is 6.61 Å². The number of hydrogen-bond acceptors (Lipinski definition) is 1. The molecule has 0 amide bonds. The standard InChI is InChI=1S/C23H36O/c1-2-3-4-5-6-7-8-9-10-11-12-13-14-18-21-24-22-23-19-16-15-17-20-23/h15-17,19-20H,4-14,18,21-22H2,1H3/i1D3. The van der Waals surface area contributed by atoms with E-state index in [1.807, 2.05) is 6.07 Å². The molecule has 0 N–H and O–H groups in total. The van der Waals surface area contributed by atoms with E-state index >= 15 is 0 Å². The lowest BCUT2D eigenvalue weighted by Gasteiger charge is -2.05. The quantitative estimate of drug-likeness (QED) is 0.251. The van der Waals surface area contributed by atoms with E-state index in [0.717, 1.165) is 26.1 Å². The van der Waals surface area contributed by atoms with Gasteiger partial charge in [-0.3, -0.25) is 0 Å². The summed E-state index contributed by atoms with van der Waals surface area (Å²) in [5, 5.41) is 0. The van der Waals surface area contributed by atoms with Gasteiger partial charge in [0.2, 0.25) is 0 Å². The van der Waals surface area contributed by atoms with Gasteiger partial charge in [-0.25, -0.2) is 0 Å². The molecule has 24 heavy (non-hydrogen) atoms. The minimum Gasteiger partial charge on any atom is -0.377 e. The van der Waals surface area contributed by atoms with Crippen LogP contribution in [0.1, 0.15) is 93.6 Å². The minimum absolute atomic E-state index is 0.716. The molecule has 0 aliphatic rings. The van der Waals surface area contributed by atoms with Crippen LogP contribution in [0.3, 0.4) is 0 Å². The molecule has 1 nitrogen and oxygen atoms in total. The third kappa shape index (κ3) is 13.2. The molecule has 0 unspecified atom stereocenters. The molecule has 1 heteroatoms. The van der Waals surface area contributed by atoms with Gasteiger partial charge in [-0.15, -0.1) is 11.8 Å². The lowest BCUT2D eigenvalue weighted by atomic mass is 10.1. The molecule has 0 aromatic heterocycles. The van der Waals surface area contributed by atoms with Crippen LogP contribution in [0.25, 0.3) is 0 Å². The summed E-state index contributed by atoms with van der Waals surface area (Å²) in [6, 6.07) is 10.3. The van der Waals surface area contributed by atoms with Gasteiger partial charge in [0, 0.05) is 17.1 Å². The van der Waals surface area contributed by atoms with Crippen LogP contribution in [0.2, 0.25) is 0 Å². The molecule has 1 rings (SSSR count). The van der Waals surface area contributed by atoms with Gasteiger partial charge in [-0.1, -0.05) is 88.1 Å². The van der Waals surface area contributed by atoms with Crippen LogP contribution in [0.5, 0.6) is 0 Å². The van der Waals surface area contributed by atoms with Crippen molar-refractivity contribution in [1.82, 2.24) is 0 Å². The van der Waals surface area contributed by atoms with Gasteiger partial charge in [0.1, 0.15) is 0 Å². The molecule has 0 aliphatic heterocycles. The fourth-order valence-electron chi connectivity index (χ4n) is 2.84. The predicted molar refractivity (Wildman–Crippen MR) is 105 cm³/mol. The van der Waals surface area contributed by atoms with Crippen LogP contribution in [-0.4, -0.2) is 6.61 Å². The summed E-state index contributed by atoms with van der Waals surface area (Å²) in [5.41, 5.74) is 1.25. The van der Waals surface area contributed by atoms with Crippen LogP contribution in [-0.2, 0) is 11.3 Å². The van der Waals surface area contributed by atoms with Gasteiger partial charge in [-0.2, -0.15) is 0 Å². The highest BCUT2D eigenvalue weighted by Crippen LogP contribution is 2.12. The molecule has 0 saturated carbocycles. The van der Waals surface area contributed by atoms with Crippen molar-refractivity contribution < 1.29 is 8.85 Å². The second-order valence-electron chi connectivity index (χ2n) is 6.48. The second kappa shape index (κ2) is 16.6. The maximum atomic E-state index is 7.00. The first-order valence-electron chi connectivity index (χ1n) is 11.2. The fraction of sp³-hybridized carbons (Fsp3) is 0.652. The zero-order valence-corrected chi connectivity index (χ0v) is 15.2. The first kappa shape index (κ1) is 16.2. The van der Waals surface area contributed by atoms with Gasteiger partial charge in [0.15, 0.2) is 0 Å². The Morgan fingerprint density at radius 3 is 2.00 bits per heavy atom. The molecular formula is C23H36O. The molecule has 1 aromatic carbocycles. The third-order valence-corrected chi connectivity index (χ3v) is 4.29. The number of ether oxygens (including phenoxy) is 1. The Balaban J connectivity index is 1.75. The van der Waals surface area contributed by atoms with E-state index < -0.39 is 6.85 Å². The molecule has 0 heterocycles. The summed E-state index contributed by atoms with van der Waals surface area (Å²) in [6.45, 7) is -0.492. The average molecular weight is 332 g/mol. The summed E-state index contributed by atoms with van der Waals surface area (Å²) < 4.78 is 26.7. The number of rotatable bonds is 15. The van der Waals surface area contributed by atoms with Crippen molar-refractivity contribution in [3.63, 3.8) is 0 Å². The van der Waals surface area contributed by atoms with Crippen molar-refractivity contribution in [2.24, 2.45) is 0 Å². The highest BCUT2D eigenvalue weighted by molar-refractivity contribution is 5.13. The zero-order chi connectivity index (χ0) is 19.6. The lowest BCUT2D eigenvalue weighted by Crippen LogP contribution is -1.95. The highest BCUT2D eigenvalue weighted by atomic mass is 16.5. The van der Waals surface area contributed by atoms with E-state index in [1.165, 1.54) is 63.4 Å². The Labute approximate surface area is 154 Å². The number of unbranched alkanes of at least 4 members (excludes halogenated alkanes) is 11. The van der Waals surface area contributed by atoms with Crippen LogP contribution >= 0.6 is 0 Å². The third-order valence-electron chi connectivity index (χ3n) is 4.29. The van der Waals surface area contributed by atoms with Gasteiger partial charge in [-0.05, 0) is 25.3 Å². The van der Waals surface area contributed by atoms with Crippen LogP contribution in [0.4, 0.5) is 0 Å². The van der Waals surface area contributed by atoms with Crippen molar-refractivity contribution in [3.05, 3.63) is 35.9 Å². The largest absolute Gasteiger partial charge is 0.377 e. The molecule has 0 atom stereocenters. The monoisotopic (exact) mass is 331 g/mol. The Hall–Kier alpha value is -1.26. The summed E-state index contributed by atoms with van der Waals surface area (Å²) in [6.07, 6.45) is 14.5. The second-order valence-corrected chi connectivity index (χ2v) is 6.48. The molecule has 0 fully saturated rings. The molecule has 1 aromatic rings. The highest BCUT2D eigenvalue weighted by Gasteiger charge is 1.95. The summed E-state index contributed by atoms with van der Waals surface area (Å²) >= 11 is 0. The molecule has 0 bridgehead atoms. The van der Waals surface area contributed by atoms with E-state index in [1.54, 1.807) is 0 Å². The molecule has 0 radical (unpaired) electrons. The van der Waals surface area contributed by atoms with E-state index in [-0.39, 0.29) is 0 Å². The van der Waals surface area contributed by atoms with Gasteiger partial charge >= 0.3 is 0 Å². The Morgan fingerprint density at radius 2 is 1.38 bits per heavy atom. The van der Waals surface area contributed by atoms with E-state index in [4.69, 9.17) is 8.85 Å². The molecular weight excluding hydrogens is 292 g/mol. The van der Waals surface area contributed by atoms with Gasteiger partial charge < -0.3 is 4.74 Å². The predicted octanol–water partition coefficient (Wildman–Crippen LogP) is 6.91. The van der Waals surface area contributed by atoms with E-state index in [9.17, 15) is 0 Å². The maximum absolute atomic E-state index is 7.00. The van der Waals surface area contributed by atoms with E-state index in [0.29, 0.717) is 6.42 Å². The summed E-state index contributed by atoms with van der Waals surface area (Å²) in [5.74, 6) is 5.07. The normalized spacial score (nSPS) is 12.8. The molecule has 0 saturated heterocycles. The van der Waals surface area contributed by atoms with Crippen molar-refractivity contribution in [1.29, 1.82) is 0 Å². The maximum Gasteiger partial charge on any atom is 0.0716 e. The zero-order valence-electron chi connectivity index (χ0n) is 18.2. The smallest absolute Gasteiger partial charge is 0.0716 e. The first-order valence-corrected chi connectivity index (χ1v) is 9.70. The SMILES string of the molecule is [2H]C([2H])([2H])C#CCCCCCCCCCCCCCOCc1ccccc1.